The maximum absolute atomic E-state index is 12.4. The first-order chi connectivity index (χ1) is 9.24. The Morgan fingerprint density at radius 2 is 2.21 bits per heavy atom. The number of amides is 1. The molecule has 1 N–H and O–H groups in total. The number of carbonyl (C=O) groups is 2. The molecule has 0 aliphatic carbocycles. The van der Waals surface area contributed by atoms with Crippen molar-refractivity contribution in [1.29, 1.82) is 0 Å². The fourth-order valence-corrected chi connectivity index (χ4v) is 2.42. The zero-order valence-electron chi connectivity index (χ0n) is 10.7. The maximum atomic E-state index is 12.4. The number of aliphatic hydroxyl groups excluding tert-OH is 1. The molecule has 0 aromatic rings. The predicted octanol–water partition coefficient (Wildman–Crippen LogP) is -0.491. The number of ether oxygens (including phenoxy) is 2. The van der Waals surface area contributed by atoms with Gasteiger partial charge in [0.2, 0.25) is 0 Å². The number of hydrogen-bond acceptors (Lipinski definition) is 5. The molecule has 0 radical (unpaired) electrons. The molecule has 106 valence electrons. The zero-order chi connectivity index (χ0) is 13.7. The van der Waals surface area contributed by atoms with Crippen molar-refractivity contribution in [2.45, 2.75) is 31.1 Å². The Balaban J connectivity index is 2.15. The van der Waals surface area contributed by atoms with E-state index >= 15 is 0 Å². The van der Waals surface area contributed by atoms with Crippen LogP contribution in [0.1, 0.15) is 12.8 Å². The summed E-state index contributed by atoms with van der Waals surface area (Å²) in [5.41, 5.74) is 0. The van der Waals surface area contributed by atoms with Gasteiger partial charge in [0.1, 0.15) is 6.10 Å². The SMILES string of the molecule is O=C[C@H](O)[C@H]1OC/C=C\COC[C@H]2CCCN2C1=O. The van der Waals surface area contributed by atoms with Crippen molar-refractivity contribution >= 4 is 12.2 Å². The number of nitrogens with zero attached hydrogens (tertiary/aromatic N) is 1. The minimum Gasteiger partial charge on any atom is -0.382 e. The second-order valence-electron chi connectivity index (χ2n) is 4.72. The van der Waals surface area contributed by atoms with Crippen LogP contribution in [-0.4, -0.2) is 66.8 Å². The normalized spacial score (nSPS) is 32.3. The summed E-state index contributed by atoms with van der Waals surface area (Å²) in [5, 5.41) is 9.63. The van der Waals surface area contributed by atoms with Crippen LogP contribution in [0, 0.1) is 0 Å². The Kier molecular flexibility index (Phi) is 5.07. The third-order valence-corrected chi connectivity index (χ3v) is 3.42. The van der Waals surface area contributed by atoms with E-state index in [0.29, 0.717) is 26.0 Å². The van der Waals surface area contributed by atoms with Crippen molar-refractivity contribution in [2.24, 2.45) is 0 Å². The average molecular weight is 269 g/mol. The van der Waals surface area contributed by atoms with Crippen LogP contribution in [0.4, 0.5) is 0 Å². The van der Waals surface area contributed by atoms with Crippen molar-refractivity contribution < 1.29 is 24.2 Å². The van der Waals surface area contributed by atoms with Crippen molar-refractivity contribution in [2.75, 3.05) is 26.4 Å². The summed E-state index contributed by atoms with van der Waals surface area (Å²) in [4.78, 5) is 24.7. The summed E-state index contributed by atoms with van der Waals surface area (Å²) in [7, 11) is 0. The van der Waals surface area contributed by atoms with Gasteiger partial charge in [-0.2, -0.15) is 0 Å². The molecular formula is C13H19NO5. The Labute approximate surface area is 112 Å². The van der Waals surface area contributed by atoms with E-state index in [0.717, 1.165) is 12.8 Å². The van der Waals surface area contributed by atoms with Crippen molar-refractivity contribution in [3.8, 4) is 0 Å². The highest BCUT2D eigenvalue weighted by Crippen LogP contribution is 2.20. The van der Waals surface area contributed by atoms with Gasteiger partial charge >= 0.3 is 0 Å². The van der Waals surface area contributed by atoms with Gasteiger partial charge in [-0.05, 0) is 12.8 Å². The minimum atomic E-state index is -1.43. The van der Waals surface area contributed by atoms with Crippen LogP contribution in [0.5, 0.6) is 0 Å². The van der Waals surface area contributed by atoms with E-state index < -0.39 is 12.2 Å². The van der Waals surface area contributed by atoms with E-state index in [-0.39, 0.29) is 18.6 Å². The highest BCUT2D eigenvalue weighted by molar-refractivity contribution is 5.85. The molecule has 2 aliphatic heterocycles. The lowest BCUT2D eigenvalue weighted by Gasteiger charge is -2.29. The lowest BCUT2D eigenvalue weighted by atomic mass is 10.1. The first kappa shape index (κ1) is 14.2. The van der Waals surface area contributed by atoms with E-state index in [1.165, 1.54) is 0 Å². The second kappa shape index (κ2) is 6.79. The fraction of sp³-hybridized carbons (Fsp3) is 0.692. The highest BCUT2D eigenvalue weighted by atomic mass is 16.5. The summed E-state index contributed by atoms with van der Waals surface area (Å²) in [6.07, 6.45) is 3.09. The lowest BCUT2D eigenvalue weighted by molar-refractivity contribution is -0.154. The Morgan fingerprint density at radius 1 is 1.42 bits per heavy atom. The van der Waals surface area contributed by atoms with Crippen LogP contribution >= 0.6 is 0 Å². The molecule has 6 heteroatoms. The van der Waals surface area contributed by atoms with Crippen LogP contribution in [0.3, 0.4) is 0 Å². The highest BCUT2D eigenvalue weighted by Gasteiger charge is 2.37. The number of aldehydes is 1. The van der Waals surface area contributed by atoms with Gasteiger partial charge in [-0.3, -0.25) is 4.79 Å². The van der Waals surface area contributed by atoms with Gasteiger partial charge in [0.05, 0.1) is 25.9 Å². The largest absolute Gasteiger partial charge is 0.382 e. The van der Waals surface area contributed by atoms with Crippen LogP contribution in [0.25, 0.3) is 0 Å². The van der Waals surface area contributed by atoms with E-state index in [1.807, 2.05) is 0 Å². The molecule has 0 saturated carbocycles. The van der Waals surface area contributed by atoms with Gasteiger partial charge in [-0.1, -0.05) is 12.2 Å². The number of aliphatic hydroxyl groups is 1. The molecule has 0 aromatic heterocycles. The molecular weight excluding hydrogens is 250 g/mol. The van der Waals surface area contributed by atoms with Crippen molar-refractivity contribution in [1.82, 2.24) is 4.90 Å². The van der Waals surface area contributed by atoms with Gasteiger partial charge < -0.3 is 24.3 Å². The first-order valence-electron chi connectivity index (χ1n) is 6.52. The number of carbonyl (C=O) groups excluding carboxylic acids is 2. The number of rotatable bonds is 2. The second-order valence-corrected chi connectivity index (χ2v) is 4.72. The molecule has 0 bridgehead atoms. The molecule has 1 amide bonds. The van der Waals surface area contributed by atoms with Gasteiger partial charge in [-0.25, -0.2) is 0 Å². The van der Waals surface area contributed by atoms with E-state index in [2.05, 4.69) is 0 Å². The van der Waals surface area contributed by atoms with E-state index in [1.54, 1.807) is 17.1 Å². The third-order valence-electron chi connectivity index (χ3n) is 3.42. The lowest BCUT2D eigenvalue weighted by Crippen LogP contribution is -2.49. The summed E-state index contributed by atoms with van der Waals surface area (Å²) >= 11 is 0. The summed E-state index contributed by atoms with van der Waals surface area (Å²) in [6.45, 7) is 1.73. The molecule has 0 aromatic carbocycles. The molecule has 0 unspecified atom stereocenters. The molecule has 2 aliphatic rings. The number of hydrogen-bond donors (Lipinski definition) is 1. The van der Waals surface area contributed by atoms with Gasteiger partial charge in [-0.15, -0.1) is 0 Å². The molecule has 6 nitrogen and oxygen atoms in total. The Bertz CT molecular complexity index is 357. The maximum Gasteiger partial charge on any atom is 0.255 e. The summed E-state index contributed by atoms with van der Waals surface area (Å²) in [5.74, 6) is -0.332. The van der Waals surface area contributed by atoms with E-state index in [9.17, 15) is 14.7 Å². The van der Waals surface area contributed by atoms with Crippen LogP contribution in [-0.2, 0) is 19.1 Å². The number of fused-ring (bicyclic) bond motifs is 1. The monoisotopic (exact) mass is 269 g/mol. The van der Waals surface area contributed by atoms with Crippen LogP contribution in [0.15, 0.2) is 12.2 Å². The quantitative estimate of drug-likeness (QED) is 0.541. The minimum absolute atomic E-state index is 0.00366. The van der Waals surface area contributed by atoms with Crippen LogP contribution in [0.2, 0.25) is 0 Å². The standard InChI is InChI=1S/C13H19NO5/c15-8-11(16)12-13(17)14-5-3-4-10(14)9-18-6-1-2-7-19-12/h1-2,8,10-12,16H,3-7,9H2/b2-1-/t10-,11+,12-/m1/s1. The molecule has 1 saturated heterocycles. The summed E-state index contributed by atoms with van der Waals surface area (Å²) < 4.78 is 10.8. The Morgan fingerprint density at radius 3 is 3.00 bits per heavy atom. The van der Waals surface area contributed by atoms with Crippen LogP contribution < -0.4 is 0 Å². The Hall–Kier alpha value is -1.24. The third kappa shape index (κ3) is 3.40. The van der Waals surface area contributed by atoms with Crippen molar-refractivity contribution in [3.05, 3.63) is 12.2 Å². The molecule has 1 fully saturated rings. The van der Waals surface area contributed by atoms with Crippen molar-refractivity contribution in [3.63, 3.8) is 0 Å². The molecule has 2 heterocycles. The zero-order valence-corrected chi connectivity index (χ0v) is 10.7. The van der Waals surface area contributed by atoms with E-state index in [4.69, 9.17) is 9.47 Å². The average Bonchev–Trinajstić information content (AvgIpc) is 2.87. The van der Waals surface area contributed by atoms with Gasteiger partial charge in [0.25, 0.3) is 5.91 Å². The molecule has 2 rings (SSSR count). The van der Waals surface area contributed by atoms with Gasteiger partial charge in [0.15, 0.2) is 12.4 Å². The molecule has 0 spiro atoms. The first-order valence-corrected chi connectivity index (χ1v) is 6.52. The molecule has 19 heavy (non-hydrogen) atoms. The topological polar surface area (TPSA) is 76.1 Å². The summed E-state index contributed by atoms with van der Waals surface area (Å²) in [6, 6.07) is 0.00366. The molecule has 3 atom stereocenters. The fourth-order valence-electron chi connectivity index (χ4n) is 2.42. The predicted molar refractivity (Wildman–Crippen MR) is 66.5 cm³/mol. The van der Waals surface area contributed by atoms with Gasteiger partial charge in [0, 0.05) is 6.54 Å². The smallest absolute Gasteiger partial charge is 0.255 e.